The second kappa shape index (κ2) is 5.82. The molecule has 0 fully saturated rings. The fourth-order valence-corrected chi connectivity index (χ4v) is 3.07. The first kappa shape index (κ1) is 14.8. The maximum atomic E-state index is 13.8. The molecule has 5 nitrogen and oxygen atoms in total. The smallest absolute Gasteiger partial charge is 0.243 e. The molecule has 0 aliphatic carbocycles. The summed E-state index contributed by atoms with van der Waals surface area (Å²) < 4.78 is 45.1. The molecule has 0 spiro atoms. The first-order chi connectivity index (χ1) is 9.40. The molecule has 0 aliphatic rings. The minimum absolute atomic E-state index is 0.0711. The molecule has 2 aromatic rings. The summed E-state index contributed by atoms with van der Waals surface area (Å²) in [5.74, 6) is -0.398. The standard InChI is InChI=1S/C12H12ClFN2O3S/c13-10-6-8(15)7-11(12(10)14)20(17,18)16-4-3-9-2-1-5-19-9/h1-2,5-7,16H,3-4,15H2. The van der Waals surface area contributed by atoms with Gasteiger partial charge in [0.2, 0.25) is 10.0 Å². The van der Waals surface area contributed by atoms with Crippen LogP contribution in [-0.4, -0.2) is 15.0 Å². The highest BCUT2D eigenvalue weighted by molar-refractivity contribution is 7.89. The van der Waals surface area contributed by atoms with Gasteiger partial charge in [-0.05, 0) is 24.3 Å². The molecule has 2 rings (SSSR count). The molecule has 0 bridgehead atoms. The second-order valence-electron chi connectivity index (χ2n) is 4.04. The van der Waals surface area contributed by atoms with E-state index in [2.05, 4.69) is 4.72 Å². The Bertz CT molecular complexity index is 702. The van der Waals surface area contributed by atoms with Gasteiger partial charge in [-0.1, -0.05) is 11.6 Å². The molecule has 0 saturated heterocycles. The molecule has 108 valence electrons. The van der Waals surface area contributed by atoms with E-state index in [0.717, 1.165) is 12.1 Å². The van der Waals surface area contributed by atoms with Gasteiger partial charge in [-0.3, -0.25) is 0 Å². The fourth-order valence-electron chi connectivity index (χ4n) is 1.62. The van der Waals surface area contributed by atoms with Crippen LogP contribution in [0.2, 0.25) is 5.02 Å². The summed E-state index contributed by atoms with van der Waals surface area (Å²) in [6.07, 6.45) is 1.84. The van der Waals surface area contributed by atoms with E-state index in [1.54, 1.807) is 12.1 Å². The van der Waals surface area contributed by atoms with Crippen molar-refractivity contribution in [1.82, 2.24) is 4.72 Å². The minimum Gasteiger partial charge on any atom is -0.469 e. The van der Waals surface area contributed by atoms with Gasteiger partial charge >= 0.3 is 0 Å². The van der Waals surface area contributed by atoms with Crippen LogP contribution in [0.4, 0.5) is 10.1 Å². The molecule has 0 amide bonds. The normalized spacial score (nSPS) is 11.7. The highest BCUT2D eigenvalue weighted by Crippen LogP contribution is 2.25. The Morgan fingerprint density at radius 1 is 1.40 bits per heavy atom. The Morgan fingerprint density at radius 3 is 2.80 bits per heavy atom. The summed E-state index contributed by atoms with van der Waals surface area (Å²) in [7, 11) is -4.02. The van der Waals surface area contributed by atoms with Crippen LogP contribution in [-0.2, 0) is 16.4 Å². The predicted molar refractivity (Wildman–Crippen MR) is 73.4 cm³/mol. The first-order valence-electron chi connectivity index (χ1n) is 5.67. The number of nitrogen functional groups attached to an aromatic ring is 1. The molecule has 0 saturated carbocycles. The number of rotatable bonds is 5. The Labute approximate surface area is 120 Å². The molecule has 20 heavy (non-hydrogen) atoms. The largest absolute Gasteiger partial charge is 0.469 e. The number of nitrogens with one attached hydrogen (secondary N) is 1. The molecule has 0 atom stereocenters. The first-order valence-corrected chi connectivity index (χ1v) is 7.53. The van der Waals surface area contributed by atoms with Gasteiger partial charge in [0.1, 0.15) is 10.7 Å². The lowest BCUT2D eigenvalue weighted by Crippen LogP contribution is -2.27. The number of furan rings is 1. The van der Waals surface area contributed by atoms with Gasteiger partial charge in [0.15, 0.2) is 5.82 Å². The van der Waals surface area contributed by atoms with Crippen LogP contribution in [0, 0.1) is 5.82 Å². The quantitative estimate of drug-likeness (QED) is 0.827. The monoisotopic (exact) mass is 318 g/mol. The lowest BCUT2D eigenvalue weighted by Gasteiger charge is -2.09. The van der Waals surface area contributed by atoms with Crippen LogP contribution in [0.1, 0.15) is 5.76 Å². The van der Waals surface area contributed by atoms with Gasteiger partial charge in [-0.15, -0.1) is 0 Å². The molecular weight excluding hydrogens is 307 g/mol. The molecule has 3 N–H and O–H groups in total. The lowest BCUT2D eigenvalue weighted by molar-refractivity contribution is 0.505. The van der Waals surface area contributed by atoms with Crippen molar-refractivity contribution < 1.29 is 17.2 Å². The van der Waals surface area contributed by atoms with Crippen molar-refractivity contribution in [3.8, 4) is 0 Å². The average molecular weight is 319 g/mol. The summed E-state index contributed by atoms with van der Waals surface area (Å²) in [5, 5.41) is -0.337. The minimum atomic E-state index is -4.02. The zero-order valence-corrected chi connectivity index (χ0v) is 11.8. The molecule has 0 radical (unpaired) electrons. The van der Waals surface area contributed by atoms with Crippen LogP contribution >= 0.6 is 11.6 Å². The molecule has 1 heterocycles. The van der Waals surface area contributed by atoms with Crippen molar-refractivity contribution in [2.24, 2.45) is 0 Å². The summed E-state index contributed by atoms with van der Waals surface area (Å²) in [6, 6.07) is 5.59. The van der Waals surface area contributed by atoms with E-state index in [1.807, 2.05) is 0 Å². The van der Waals surface area contributed by atoms with Gasteiger partial charge < -0.3 is 10.2 Å². The zero-order valence-electron chi connectivity index (χ0n) is 10.3. The topological polar surface area (TPSA) is 85.3 Å². The third kappa shape index (κ3) is 3.30. The van der Waals surface area contributed by atoms with Crippen molar-refractivity contribution in [2.45, 2.75) is 11.3 Å². The number of halogens is 2. The maximum absolute atomic E-state index is 13.8. The van der Waals surface area contributed by atoms with E-state index < -0.39 is 20.7 Å². The van der Waals surface area contributed by atoms with Crippen molar-refractivity contribution in [3.63, 3.8) is 0 Å². The molecular formula is C12H12ClFN2O3S. The third-order valence-corrected chi connectivity index (χ3v) is 4.29. The van der Waals surface area contributed by atoms with E-state index in [9.17, 15) is 12.8 Å². The number of anilines is 1. The zero-order chi connectivity index (χ0) is 14.8. The van der Waals surface area contributed by atoms with Crippen molar-refractivity contribution in [3.05, 3.63) is 47.1 Å². The van der Waals surface area contributed by atoms with Gasteiger partial charge in [0, 0.05) is 18.7 Å². The molecule has 1 aromatic carbocycles. The number of hydrogen-bond donors (Lipinski definition) is 2. The Balaban J connectivity index is 2.14. The average Bonchev–Trinajstić information content (AvgIpc) is 2.86. The number of benzene rings is 1. The fraction of sp³-hybridized carbons (Fsp3) is 0.167. The van der Waals surface area contributed by atoms with E-state index in [4.69, 9.17) is 21.8 Å². The van der Waals surface area contributed by atoms with Gasteiger partial charge in [-0.25, -0.2) is 17.5 Å². The van der Waals surface area contributed by atoms with Crippen LogP contribution in [0.3, 0.4) is 0 Å². The van der Waals surface area contributed by atoms with Crippen LogP contribution in [0.15, 0.2) is 39.8 Å². The highest BCUT2D eigenvalue weighted by atomic mass is 35.5. The Morgan fingerprint density at radius 2 is 2.15 bits per heavy atom. The SMILES string of the molecule is Nc1cc(Cl)c(F)c(S(=O)(=O)NCCc2ccco2)c1. The van der Waals surface area contributed by atoms with E-state index in [0.29, 0.717) is 12.2 Å². The van der Waals surface area contributed by atoms with Gasteiger partial charge in [0.25, 0.3) is 0 Å². The molecule has 1 aromatic heterocycles. The number of sulfonamides is 1. The summed E-state index contributed by atoms with van der Waals surface area (Å²) in [6.45, 7) is 0.0711. The van der Waals surface area contributed by atoms with Gasteiger partial charge in [0.05, 0.1) is 11.3 Å². The summed E-state index contributed by atoms with van der Waals surface area (Å²) in [4.78, 5) is -0.568. The van der Waals surface area contributed by atoms with Crippen molar-refractivity contribution in [2.75, 3.05) is 12.3 Å². The number of nitrogens with two attached hydrogens (primary N) is 1. The highest BCUT2D eigenvalue weighted by Gasteiger charge is 2.21. The molecule has 0 aliphatic heterocycles. The lowest BCUT2D eigenvalue weighted by atomic mass is 10.3. The predicted octanol–water partition coefficient (Wildman–Crippen LogP) is 2.18. The summed E-state index contributed by atoms with van der Waals surface area (Å²) in [5.41, 5.74) is 5.54. The second-order valence-corrected chi connectivity index (χ2v) is 6.18. The Hall–Kier alpha value is -1.57. The van der Waals surface area contributed by atoms with E-state index in [-0.39, 0.29) is 17.3 Å². The van der Waals surface area contributed by atoms with E-state index in [1.165, 1.54) is 6.26 Å². The molecule has 8 heteroatoms. The summed E-state index contributed by atoms with van der Waals surface area (Å²) >= 11 is 5.58. The number of hydrogen-bond acceptors (Lipinski definition) is 4. The third-order valence-electron chi connectivity index (χ3n) is 2.55. The Kier molecular flexibility index (Phi) is 4.32. The van der Waals surface area contributed by atoms with Crippen LogP contribution in [0.25, 0.3) is 0 Å². The maximum Gasteiger partial charge on any atom is 0.243 e. The van der Waals surface area contributed by atoms with Crippen molar-refractivity contribution in [1.29, 1.82) is 0 Å². The van der Waals surface area contributed by atoms with Gasteiger partial charge in [-0.2, -0.15) is 0 Å². The van der Waals surface area contributed by atoms with Crippen molar-refractivity contribution >= 4 is 27.3 Å². The van der Waals surface area contributed by atoms with Crippen LogP contribution in [0.5, 0.6) is 0 Å². The van der Waals surface area contributed by atoms with E-state index >= 15 is 0 Å². The molecule has 0 unspecified atom stereocenters. The van der Waals surface area contributed by atoms with Crippen LogP contribution < -0.4 is 10.5 Å².